The third kappa shape index (κ3) is 4.70. The maximum Gasteiger partial charge on any atom is 0.238 e. The Morgan fingerprint density at radius 1 is 1.00 bits per heavy atom. The van der Waals surface area contributed by atoms with Crippen LogP contribution in [0.1, 0.15) is 30.9 Å². The van der Waals surface area contributed by atoms with Gasteiger partial charge in [-0.15, -0.1) is 0 Å². The van der Waals surface area contributed by atoms with Crippen LogP contribution in [0.25, 0.3) is 0 Å². The van der Waals surface area contributed by atoms with Gasteiger partial charge in [0.25, 0.3) is 0 Å². The molecule has 2 aliphatic heterocycles. The van der Waals surface area contributed by atoms with Crippen LogP contribution in [-0.2, 0) is 4.79 Å². The van der Waals surface area contributed by atoms with Gasteiger partial charge in [0, 0.05) is 30.3 Å². The summed E-state index contributed by atoms with van der Waals surface area (Å²) in [7, 11) is 4.64. The molecule has 1 atom stereocenters. The number of hydrogen-bond acceptors (Lipinski definition) is 7. The van der Waals surface area contributed by atoms with E-state index in [2.05, 4.69) is 22.3 Å². The highest BCUT2D eigenvalue weighted by Crippen LogP contribution is 2.40. The van der Waals surface area contributed by atoms with Crippen LogP contribution in [0, 0.1) is 0 Å². The summed E-state index contributed by atoms with van der Waals surface area (Å²) < 4.78 is 27.7. The number of likely N-dealkylation sites (tertiary alicyclic amines) is 1. The molecule has 0 radical (unpaired) electrons. The average Bonchev–Trinajstić information content (AvgIpc) is 3.13. The van der Waals surface area contributed by atoms with E-state index in [-0.39, 0.29) is 18.5 Å². The molecule has 8 heteroatoms. The Labute approximate surface area is 188 Å². The molecule has 1 N–H and O–H groups in total. The maximum absolute atomic E-state index is 12.9. The number of fused-ring (bicyclic) bond motifs is 1. The summed E-state index contributed by atoms with van der Waals surface area (Å²) >= 11 is 0. The second-order valence-corrected chi connectivity index (χ2v) is 7.85. The molecule has 0 aromatic heterocycles. The van der Waals surface area contributed by atoms with E-state index in [1.54, 1.807) is 33.5 Å². The molecule has 2 heterocycles. The molecular formula is C24H30N2O6. The van der Waals surface area contributed by atoms with Crippen LogP contribution >= 0.6 is 0 Å². The quantitative estimate of drug-likeness (QED) is 0.701. The van der Waals surface area contributed by atoms with Crippen molar-refractivity contribution < 1.29 is 28.5 Å². The average molecular weight is 443 g/mol. The van der Waals surface area contributed by atoms with Crippen molar-refractivity contribution in [2.24, 2.45) is 0 Å². The van der Waals surface area contributed by atoms with Crippen molar-refractivity contribution in [1.29, 1.82) is 0 Å². The molecule has 2 aromatic rings. The summed E-state index contributed by atoms with van der Waals surface area (Å²) in [6.45, 7) is 2.47. The molecule has 1 fully saturated rings. The van der Waals surface area contributed by atoms with E-state index >= 15 is 0 Å². The molecule has 0 aliphatic carbocycles. The Morgan fingerprint density at radius 2 is 1.72 bits per heavy atom. The van der Waals surface area contributed by atoms with Gasteiger partial charge in [-0.1, -0.05) is 6.07 Å². The number of anilines is 1. The van der Waals surface area contributed by atoms with Crippen LogP contribution in [0.3, 0.4) is 0 Å². The first-order valence-electron chi connectivity index (χ1n) is 10.9. The first kappa shape index (κ1) is 22.1. The number of methoxy groups -OCH3 is 3. The fourth-order valence-corrected chi connectivity index (χ4v) is 4.32. The number of nitrogens with zero attached hydrogens (tertiary/aromatic N) is 1. The summed E-state index contributed by atoms with van der Waals surface area (Å²) in [5, 5.41) is 2.96. The lowest BCUT2D eigenvalue weighted by Gasteiger charge is -2.25. The lowest BCUT2D eigenvalue weighted by molar-refractivity contribution is -0.117. The van der Waals surface area contributed by atoms with E-state index in [0.717, 1.165) is 42.9 Å². The highest BCUT2D eigenvalue weighted by molar-refractivity contribution is 5.93. The van der Waals surface area contributed by atoms with Crippen molar-refractivity contribution >= 4 is 11.6 Å². The van der Waals surface area contributed by atoms with Crippen molar-refractivity contribution in [3.63, 3.8) is 0 Å². The largest absolute Gasteiger partial charge is 0.493 e. The van der Waals surface area contributed by atoms with Gasteiger partial charge in [0.05, 0.1) is 41.1 Å². The molecule has 4 rings (SSSR count). The van der Waals surface area contributed by atoms with Crippen molar-refractivity contribution in [2.75, 3.05) is 52.9 Å². The molecule has 1 saturated heterocycles. The maximum atomic E-state index is 12.9. The van der Waals surface area contributed by atoms with Gasteiger partial charge < -0.3 is 29.0 Å². The van der Waals surface area contributed by atoms with Crippen LogP contribution in [-0.4, -0.2) is 58.4 Å². The number of benzene rings is 2. The van der Waals surface area contributed by atoms with Crippen LogP contribution < -0.4 is 29.0 Å². The second kappa shape index (κ2) is 9.99. The molecule has 0 spiro atoms. The Balaban J connectivity index is 1.46. The number of ether oxygens (including phenoxy) is 5. The minimum Gasteiger partial charge on any atom is -0.493 e. The molecule has 32 heavy (non-hydrogen) atoms. The topological polar surface area (TPSA) is 78.5 Å². The molecular weight excluding hydrogens is 412 g/mol. The summed E-state index contributed by atoms with van der Waals surface area (Å²) in [4.78, 5) is 15.1. The van der Waals surface area contributed by atoms with Crippen molar-refractivity contribution in [3.05, 3.63) is 35.9 Å². The zero-order chi connectivity index (χ0) is 22.5. The molecule has 2 aromatic carbocycles. The molecule has 1 amide bonds. The van der Waals surface area contributed by atoms with Crippen molar-refractivity contribution in [3.8, 4) is 28.7 Å². The van der Waals surface area contributed by atoms with Gasteiger partial charge in [0.2, 0.25) is 11.7 Å². The lowest BCUT2D eigenvalue weighted by Crippen LogP contribution is -2.33. The summed E-state index contributed by atoms with van der Waals surface area (Å²) in [5.41, 5.74) is 1.74. The van der Waals surface area contributed by atoms with E-state index in [9.17, 15) is 4.79 Å². The first-order valence-corrected chi connectivity index (χ1v) is 10.9. The molecule has 8 nitrogen and oxygen atoms in total. The number of nitrogens with one attached hydrogen (secondary N) is 1. The fourth-order valence-electron chi connectivity index (χ4n) is 4.32. The van der Waals surface area contributed by atoms with E-state index in [1.807, 2.05) is 6.07 Å². The van der Waals surface area contributed by atoms with Gasteiger partial charge in [-0.2, -0.15) is 0 Å². The highest BCUT2D eigenvalue weighted by atomic mass is 16.5. The van der Waals surface area contributed by atoms with Crippen LogP contribution in [0.5, 0.6) is 28.7 Å². The van der Waals surface area contributed by atoms with Crippen LogP contribution in [0.2, 0.25) is 0 Å². The van der Waals surface area contributed by atoms with Crippen LogP contribution in [0.15, 0.2) is 30.3 Å². The SMILES string of the molecule is COc1cc(NC(=O)CN2CCCC2c2ccc3c(c2)OCCCO3)cc(OC)c1OC. The number of carbonyl (C=O) groups excluding carboxylic acids is 1. The Morgan fingerprint density at radius 3 is 2.41 bits per heavy atom. The van der Waals surface area contributed by atoms with Gasteiger partial charge >= 0.3 is 0 Å². The third-order valence-corrected chi connectivity index (χ3v) is 5.82. The minimum absolute atomic E-state index is 0.0967. The summed E-state index contributed by atoms with van der Waals surface area (Å²) in [6.07, 6.45) is 2.91. The third-order valence-electron chi connectivity index (χ3n) is 5.82. The second-order valence-electron chi connectivity index (χ2n) is 7.85. The van der Waals surface area contributed by atoms with Gasteiger partial charge in [-0.05, 0) is 37.1 Å². The highest BCUT2D eigenvalue weighted by Gasteiger charge is 2.29. The summed E-state index contributed by atoms with van der Waals surface area (Å²) in [6, 6.07) is 9.73. The number of rotatable bonds is 7. The Bertz CT molecular complexity index is 938. The predicted octanol–water partition coefficient (Wildman–Crippen LogP) is 3.65. The van der Waals surface area contributed by atoms with E-state index < -0.39 is 0 Å². The molecule has 172 valence electrons. The van der Waals surface area contributed by atoms with Crippen molar-refractivity contribution in [1.82, 2.24) is 4.90 Å². The lowest BCUT2D eigenvalue weighted by atomic mass is 10.0. The Hall–Kier alpha value is -3.13. The molecule has 0 bridgehead atoms. The van der Waals surface area contributed by atoms with Gasteiger partial charge in [-0.3, -0.25) is 9.69 Å². The van der Waals surface area contributed by atoms with Gasteiger partial charge in [0.1, 0.15) is 0 Å². The van der Waals surface area contributed by atoms with Gasteiger partial charge in [-0.25, -0.2) is 0 Å². The molecule has 0 saturated carbocycles. The fraction of sp³-hybridized carbons (Fsp3) is 0.458. The number of hydrogen-bond donors (Lipinski definition) is 1. The zero-order valence-corrected chi connectivity index (χ0v) is 18.8. The molecule has 2 aliphatic rings. The first-order chi connectivity index (χ1) is 15.6. The smallest absolute Gasteiger partial charge is 0.238 e. The van der Waals surface area contributed by atoms with E-state index in [1.165, 1.54) is 0 Å². The monoisotopic (exact) mass is 442 g/mol. The van der Waals surface area contributed by atoms with E-state index in [4.69, 9.17) is 23.7 Å². The minimum atomic E-state index is -0.0967. The van der Waals surface area contributed by atoms with Crippen molar-refractivity contribution in [2.45, 2.75) is 25.3 Å². The normalized spacial score (nSPS) is 18.0. The van der Waals surface area contributed by atoms with Crippen LogP contribution in [0.4, 0.5) is 5.69 Å². The molecule has 1 unspecified atom stereocenters. The number of amides is 1. The zero-order valence-electron chi connectivity index (χ0n) is 18.8. The number of carbonyl (C=O) groups is 1. The Kier molecular flexibility index (Phi) is 6.90. The standard InChI is InChI=1S/C24H30N2O6/c1-28-21-13-17(14-22(29-2)24(21)30-3)25-23(27)15-26-9-4-6-18(26)16-7-8-19-20(12-16)32-11-5-10-31-19/h7-8,12-14,18H,4-6,9-11,15H2,1-3H3,(H,25,27). The van der Waals surface area contributed by atoms with E-state index in [0.29, 0.717) is 36.1 Å². The summed E-state index contributed by atoms with van der Waals surface area (Å²) in [5.74, 6) is 2.95. The predicted molar refractivity (Wildman–Crippen MR) is 120 cm³/mol. The van der Waals surface area contributed by atoms with Gasteiger partial charge in [0.15, 0.2) is 23.0 Å².